The van der Waals surface area contributed by atoms with Crippen LogP contribution in [0, 0.1) is 6.92 Å². The summed E-state index contributed by atoms with van der Waals surface area (Å²) in [5.41, 5.74) is 2.74. The van der Waals surface area contributed by atoms with Crippen LogP contribution in [0.3, 0.4) is 0 Å². The number of carbonyl (C=O) groups excluding carboxylic acids is 1. The summed E-state index contributed by atoms with van der Waals surface area (Å²) in [5.74, 6) is 0.395. The van der Waals surface area contributed by atoms with Crippen molar-refractivity contribution in [1.29, 1.82) is 0 Å². The third-order valence-corrected chi connectivity index (χ3v) is 8.27. The predicted molar refractivity (Wildman–Crippen MR) is 129 cm³/mol. The Morgan fingerprint density at radius 2 is 1.91 bits per heavy atom. The standard InChI is InChI=1S/C24H29BrN2O4S/c1-16-12-21(32(29,30)26-20-6-4-3-5-7-20)9-11-23(16)31-15-24(28)27-17(2)13-18-14-19(25)8-10-22(18)27/h8-12,14,17,20,26H,3-7,13,15H2,1-2H3/t17-/m0/s1. The molecule has 1 fully saturated rings. The maximum absolute atomic E-state index is 12.9. The van der Waals surface area contributed by atoms with Crippen LogP contribution in [-0.4, -0.2) is 33.0 Å². The lowest BCUT2D eigenvalue weighted by Gasteiger charge is -2.23. The van der Waals surface area contributed by atoms with Crippen LogP contribution in [0.15, 0.2) is 45.8 Å². The van der Waals surface area contributed by atoms with Crippen LogP contribution in [0.2, 0.25) is 0 Å². The van der Waals surface area contributed by atoms with Gasteiger partial charge in [0, 0.05) is 22.2 Å². The molecule has 0 spiro atoms. The lowest BCUT2D eigenvalue weighted by molar-refractivity contribution is -0.120. The molecule has 6 nitrogen and oxygen atoms in total. The van der Waals surface area contributed by atoms with Gasteiger partial charge in [0.25, 0.3) is 5.91 Å². The van der Waals surface area contributed by atoms with Crippen molar-refractivity contribution in [3.8, 4) is 5.75 Å². The fourth-order valence-corrected chi connectivity index (χ4v) is 6.45. The number of carbonyl (C=O) groups is 1. The summed E-state index contributed by atoms with van der Waals surface area (Å²) in [6.07, 6.45) is 5.86. The molecule has 0 aromatic heterocycles. The van der Waals surface area contributed by atoms with Gasteiger partial charge in [-0.2, -0.15) is 0 Å². The first-order valence-corrected chi connectivity index (χ1v) is 13.4. The number of ether oxygens (including phenoxy) is 1. The van der Waals surface area contributed by atoms with Gasteiger partial charge in [0.2, 0.25) is 10.0 Å². The SMILES string of the molecule is Cc1cc(S(=O)(=O)NC2CCCCC2)ccc1OCC(=O)N1c2ccc(Br)cc2C[C@@H]1C. The highest BCUT2D eigenvalue weighted by atomic mass is 79.9. The maximum atomic E-state index is 12.9. The molecule has 8 heteroatoms. The largest absolute Gasteiger partial charge is 0.483 e. The average Bonchev–Trinajstić information content (AvgIpc) is 3.07. The number of nitrogens with zero attached hydrogens (tertiary/aromatic N) is 1. The molecule has 0 bridgehead atoms. The van der Waals surface area contributed by atoms with E-state index in [9.17, 15) is 13.2 Å². The van der Waals surface area contributed by atoms with Gasteiger partial charge in [0.1, 0.15) is 5.75 Å². The van der Waals surface area contributed by atoms with Gasteiger partial charge in [-0.25, -0.2) is 13.1 Å². The van der Waals surface area contributed by atoms with Crippen molar-refractivity contribution in [1.82, 2.24) is 4.72 Å². The molecule has 0 saturated heterocycles. The summed E-state index contributed by atoms with van der Waals surface area (Å²) in [6.45, 7) is 3.72. The molecule has 1 N–H and O–H groups in total. The Bertz CT molecular complexity index is 1110. The molecule has 2 aliphatic rings. The van der Waals surface area contributed by atoms with E-state index in [1.165, 1.54) is 6.42 Å². The molecule has 2 aromatic rings. The minimum Gasteiger partial charge on any atom is -0.483 e. The number of fused-ring (bicyclic) bond motifs is 1. The zero-order chi connectivity index (χ0) is 22.9. The molecule has 4 rings (SSSR count). The second kappa shape index (κ2) is 9.53. The Hall–Kier alpha value is -1.90. The Morgan fingerprint density at radius 3 is 2.62 bits per heavy atom. The molecule has 2 aromatic carbocycles. The highest BCUT2D eigenvalue weighted by Gasteiger charge is 2.31. The van der Waals surface area contributed by atoms with E-state index in [4.69, 9.17) is 4.74 Å². The first-order chi connectivity index (χ1) is 15.2. The third-order valence-electron chi connectivity index (χ3n) is 6.26. The first kappa shape index (κ1) is 23.3. The third kappa shape index (κ3) is 5.02. The Balaban J connectivity index is 1.42. The van der Waals surface area contributed by atoms with Crippen LogP contribution in [0.5, 0.6) is 5.75 Å². The second-order valence-electron chi connectivity index (χ2n) is 8.76. The van der Waals surface area contributed by atoms with Gasteiger partial charge in [0.05, 0.1) is 4.90 Å². The predicted octanol–water partition coefficient (Wildman–Crippen LogP) is 4.73. The van der Waals surface area contributed by atoms with E-state index in [2.05, 4.69) is 20.7 Å². The Morgan fingerprint density at radius 1 is 1.16 bits per heavy atom. The number of nitrogens with one attached hydrogen (secondary N) is 1. The van der Waals surface area contributed by atoms with Gasteiger partial charge < -0.3 is 9.64 Å². The molecule has 172 valence electrons. The summed E-state index contributed by atoms with van der Waals surface area (Å²) < 4.78 is 35.2. The molecule has 1 atom stereocenters. The van der Waals surface area contributed by atoms with Gasteiger partial charge >= 0.3 is 0 Å². The van der Waals surface area contributed by atoms with Crippen LogP contribution >= 0.6 is 15.9 Å². The zero-order valence-corrected chi connectivity index (χ0v) is 20.8. The monoisotopic (exact) mass is 520 g/mol. The molecule has 0 radical (unpaired) electrons. The highest BCUT2D eigenvalue weighted by Crippen LogP contribution is 2.34. The number of hydrogen-bond donors (Lipinski definition) is 1. The number of rotatable bonds is 6. The van der Waals surface area contributed by atoms with E-state index in [-0.39, 0.29) is 29.5 Å². The van der Waals surface area contributed by atoms with Crippen LogP contribution in [0.1, 0.15) is 50.2 Å². The van der Waals surface area contributed by atoms with Crippen molar-refractivity contribution in [3.63, 3.8) is 0 Å². The van der Waals surface area contributed by atoms with E-state index >= 15 is 0 Å². The van der Waals surface area contributed by atoms with Crippen molar-refractivity contribution in [2.45, 2.75) is 69.4 Å². The summed E-state index contributed by atoms with van der Waals surface area (Å²) in [5, 5.41) is 0. The summed E-state index contributed by atoms with van der Waals surface area (Å²) in [6, 6.07) is 10.8. The Kier molecular flexibility index (Phi) is 6.93. The first-order valence-electron chi connectivity index (χ1n) is 11.1. The van der Waals surface area contributed by atoms with Crippen molar-refractivity contribution in [3.05, 3.63) is 52.0 Å². The van der Waals surface area contributed by atoms with E-state index in [1.54, 1.807) is 30.0 Å². The number of aryl methyl sites for hydroxylation is 1. The van der Waals surface area contributed by atoms with Crippen LogP contribution < -0.4 is 14.4 Å². The van der Waals surface area contributed by atoms with Crippen molar-refractivity contribution in [2.24, 2.45) is 0 Å². The number of sulfonamides is 1. The van der Waals surface area contributed by atoms with Gasteiger partial charge in [-0.15, -0.1) is 0 Å². The van der Waals surface area contributed by atoms with Crippen molar-refractivity contribution in [2.75, 3.05) is 11.5 Å². The maximum Gasteiger partial charge on any atom is 0.265 e. The number of anilines is 1. The average molecular weight is 521 g/mol. The fourth-order valence-electron chi connectivity index (χ4n) is 4.65. The molecule has 1 heterocycles. The van der Waals surface area contributed by atoms with Gasteiger partial charge in [0.15, 0.2) is 6.61 Å². The summed E-state index contributed by atoms with van der Waals surface area (Å²) in [7, 11) is -3.57. The molecular formula is C24H29BrN2O4S. The molecule has 32 heavy (non-hydrogen) atoms. The topological polar surface area (TPSA) is 75.7 Å². The molecule has 0 unspecified atom stereocenters. The number of benzene rings is 2. The van der Waals surface area contributed by atoms with Gasteiger partial charge in [-0.1, -0.05) is 35.2 Å². The van der Waals surface area contributed by atoms with E-state index in [0.717, 1.165) is 47.8 Å². The number of hydrogen-bond acceptors (Lipinski definition) is 4. The summed E-state index contributed by atoms with van der Waals surface area (Å²) >= 11 is 3.48. The van der Waals surface area contributed by atoms with Gasteiger partial charge in [-0.3, -0.25) is 4.79 Å². The molecule has 1 aliphatic heterocycles. The van der Waals surface area contributed by atoms with E-state index < -0.39 is 10.0 Å². The van der Waals surface area contributed by atoms with Crippen molar-refractivity contribution >= 4 is 37.5 Å². The molecular weight excluding hydrogens is 492 g/mol. The van der Waals surface area contributed by atoms with Crippen LogP contribution in [0.4, 0.5) is 5.69 Å². The van der Waals surface area contributed by atoms with Crippen LogP contribution in [-0.2, 0) is 21.2 Å². The zero-order valence-electron chi connectivity index (χ0n) is 18.4. The minimum atomic E-state index is -3.57. The Labute approximate surface area is 198 Å². The van der Waals surface area contributed by atoms with E-state index in [0.29, 0.717) is 11.3 Å². The second-order valence-corrected chi connectivity index (χ2v) is 11.4. The normalized spacial score (nSPS) is 19.1. The van der Waals surface area contributed by atoms with Crippen LogP contribution in [0.25, 0.3) is 0 Å². The van der Waals surface area contributed by atoms with E-state index in [1.807, 2.05) is 25.1 Å². The van der Waals surface area contributed by atoms with Gasteiger partial charge in [-0.05, 0) is 80.6 Å². The minimum absolute atomic E-state index is 0.00792. The highest BCUT2D eigenvalue weighted by molar-refractivity contribution is 9.10. The molecule has 1 saturated carbocycles. The smallest absolute Gasteiger partial charge is 0.265 e. The van der Waals surface area contributed by atoms with Crippen molar-refractivity contribution < 1.29 is 17.9 Å². The lowest BCUT2D eigenvalue weighted by atomic mass is 9.96. The fraction of sp³-hybridized carbons (Fsp3) is 0.458. The molecule has 1 aliphatic carbocycles. The number of amides is 1. The quantitative estimate of drug-likeness (QED) is 0.597. The summed E-state index contributed by atoms with van der Waals surface area (Å²) in [4.78, 5) is 14.9. The lowest BCUT2D eigenvalue weighted by Crippen LogP contribution is -2.39. The number of halogens is 1. The molecule has 1 amide bonds.